The number of rotatable bonds is 7. The smallest absolute Gasteiger partial charge is 0.245 e. The lowest BCUT2D eigenvalue weighted by Gasteiger charge is -2.59. The third-order valence-corrected chi connectivity index (χ3v) is 10.3. The highest BCUT2D eigenvalue weighted by Crippen LogP contribution is 2.60. The number of sulfonamides is 1. The van der Waals surface area contributed by atoms with E-state index in [1.54, 1.807) is 0 Å². The van der Waals surface area contributed by atoms with E-state index >= 15 is 0 Å². The van der Waals surface area contributed by atoms with Crippen LogP contribution >= 0.6 is 0 Å². The van der Waals surface area contributed by atoms with E-state index in [0.29, 0.717) is 18.8 Å². The molecule has 0 radical (unpaired) electrons. The summed E-state index contributed by atoms with van der Waals surface area (Å²) in [5, 5.41) is 3.24. The van der Waals surface area contributed by atoms with Gasteiger partial charge in [0.2, 0.25) is 21.8 Å². The van der Waals surface area contributed by atoms with Crippen molar-refractivity contribution in [2.75, 3.05) is 13.6 Å². The van der Waals surface area contributed by atoms with Crippen molar-refractivity contribution < 1.29 is 22.4 Å². The first-order valence-electron chi connectivity index (χ1n) is 11.4. The predicted molar refractivity (Wildman–Crippen MR) is 115 cm³/mol. The van der Waals surface area contributed by atoms with Crippen molar-refractivity contribution in [3.05, 3.63) is 30.1 Å². The molecule has 0 aromatic heterocycles. The number of nitrogens with two attached hydrogens (primary N) is 1. The normalized spacial score (nSPS) is 34.5. The minimum atomic E-state index is -4.04. The number of halogens is 1. The molecule has 5 aliphatic carbocycles. The lowest BCUT2D eigenvalue weighted by atomic mass is 9.47. The molecule has 2 unspecified atom stereocenters. The van der Waals surface area contributed by atoms with Crippen LogP contribution in [-0.2, 0) is 19.6 Å². The lowest BCUT2D eigenvalue weighted by molar-refractivity contribution is -0.148. The maximum atomic E-state index is 14.1. The zero-order valence-electron chi connectivity index (χ0n) is 18.2. The van der Waals surface area contributed by atoms with E-state index in [9.17, 15) is 22.4 Å². The Hall–Kier alpha value is -2.00. The number of carbonyl (C=O) groups is 2. The van der Waals surface area contributed by atoms with Crippen LogP contribution in [0.1, 0.15) is 44.9 Å². The van der Waals surface area contributed by atoms with E-state index in [1.165, 1.54) is 25.2 Å². The molecule has 7 nitrogen and oxygen atoms in total. The SMILES string of the molecule is CN(CC1(C(=O)NC2C3CC4CC2CC(C(N)=O)(C4)C3)CC1)S(=O)(=O)c1ccccc1F. The Morgan fingerprint density at radius 1 is 1.16 bits per heavy atom. The average molecular weight is 464 g/mol. The average Bonchev–Trinajstić information content (AvgIpc) is 3.51. The summed E-state index contributed by atoms with van der Waals surface area (Å²) < 4.78 is 41.0. The van der Waals surface area contributed by atoms with Crippen LogP contribution < -0.4 is 11.1 Å². The summed E-state index contributed by atoms with van der Waals surface area (Å²) in [6.07, 6.45) is 5.55. The van der Waals surface area contributed by atoms with Gasteiger partial charge in [0.25, 0.3) is 0 Å². The van der Waals surface area contributed by atoms with E-state index < -0.39 is 26.7 Å². The van der Waals surface area contributed by atoms with E-state index in [2.05, 4.69) is 5.32 Å². The van der Waals surface area contributed by atoms with Gasteiger partial charge in [-0.1, -0.05) is 12.1 Å². The van der Waals surface area contributed by atoms with Crippen LogP contribution in [0.5, 0.6) is 0 Å². The van der Waals surface area contributed by atoms with Gasteiger partial charge in [-0.15, -0.1) is 0 Å². The monoisotopic (exact) mass is 463 g/mol. The quantitative estimate of drug-likeness (QED) is 0.645. The first-order chi connectivity index (χ1) is 15.1. The van der Waals surface area contributed by atoms with Gasteiger partial charge in [-0.05, 0) is 74.8 Å². The Morgan fingerprint density at radius 2 is 1.78 bits per heavy atom. The molecule has 5 aliphatic rings. The second-order valence-corrected chi connectivity index (χ2v) is 12.6. The van der Waals surface area contributed by atoms with Crippen LogP contribution in [0.3, 0.4) is 0 Å². The summed E-state index contributed by atoms with van der Waals surface area (Å²) >= 11 is 0. The Morgan fingerprint density at radius 3 is 2.34 bits per heavy atom. The third kappa shape index (κ3) is 3.36. The van der Waals surface area contributed by atoms with Gasteiger partial charge in [-0.3, -0.25) is 9.59 Å². The van der Waals surface area contributed by atoms with Gasteiger partial charge in [-0.2, -0.15) is 4.31 Å². The number of nitrogens with zero attached hydrogens (tertiary/aromatic N) is 1. The third-order valence-electron chi connectivity index (χ3n) is 8.48. The van der Waals surface area contributed by atoms with Crippen molar-refractivity contribution in [2.24, 2.45) is 34.3 Å². The highest BCUT2D eigenvalue weighted by molar-refractivity contribution is 7.89. The van der Waals surface area contributed by atoms with Gasteiger partial charge in [0.05, 0.1) is 5.41 Å². The van der Waals surface area contributed by atoms with Gasteiger partial charge < -0.3 is 11.1 Å². The molecule has 32 heavy (non-hydrogen) atoms. The molecule has 2 atom stereocenters. The van der Waals surface area contributed by atoms with Crippen molar-refractivity contribution >= 4 is 21.8 Å². The number of carbonyl (C=O) groups excluding carboxylic acids is 2. The van der Waals surface area contributed by atoms with Gasteiger partial charge in [0, 0.05) is 25.0 Å². The maximum absolute atomic E-state index is 14.1. The molecule has 5 fully saturated rings. The van der Waals surface area contributed by atoms with Crippen molar-refractivity contribution in [3.8, 4) is 0 Å². The molecule has 6 rings (SSSR count). The molecule has 1 aromatic rings. The fourth-order valence-corrected chi connectivity index (χ4v) is 8.12. The zero-order valence-corrected chi connectivity index (χ0v) is 19.0. The number of primary amides is 1. The van der Waals surface area contributed by atoms with Crippen LogP contribution in [0.4, 0.5) is 4.39 Å². The number of hydrogen-bond acceptors (Lipinski definition) is 4. The van der Waals surface area contributed by atoms with Crippen LogP contribution in [0.25, 0.3) is 0 Å². The topological polar surface area (TPSA) is 110 Å². The fourth-order valence-electron chi connectivity index (χ4n) is 6.81. The lowest BCUT2D eigenvalue weighted by Crippen LogP contribution is -2.62. The number of amides is 2. The molecular formula is C23H30FN3O4S. The zero-order chi connectivity index (χ0) is 22.9. The summed E-state index contributed by atoms with van der Waals surface area (Å²) in [6, 6.07) is 5.29. The van der Waals surface area contributed by atoms with Crippen LogP contribution in [0.15, 0.2) is 29.2 Å². The molecule has 0 spiro atoms. The molecule has 174 valence electrons. The first kappa shape index (κ1) is 21.8. The second-order valence-electron chi connectivity index (χ2n) is 10.6. The van der Waals surface area contributed by atoms with Gasteiger partial charge in [0.1, 0.15) is 10.7 Å². The molecular weight excluding hydrogens is 433 g/mol. The van der Waals surface area contributed by atoms with Crippen molar-refractivity contribution in [1.29, 1.82) is 0 Å². The first-order valence-corrected chi connectivity index (χ1v) is 12.8. The van der Waals surface area contributed by atoms with Crippen molar-refractivity contribution in [2.45, 2.75) is 55.9 Å². The fraction of sp³-hybridized carbons (Fsp3) is 0.652. The summed E-state index contributed by atoms with van der Waals surface area (Å²) in [4.78, 5) is 25.1. The summed E-state index contributed by atoms with van der Waals surface area (Å²) in [5.74, 6) is -0.147. The highest BCUT2D eigenvalue weighted by Gasteiger charge is 2.59. The van der Waals surface area contributed by atoms with E-state index in [0.717, 1.165) is 42.5 Å². The van der Waals surface area contributed by atoms with Crippen LogP contribution in [0.2, 0.25) is 0 Å². The molecule has 0 saturated heterocycles. The molecule has 2 amide bonds. The molecule has 3 N–H and O–H groups in total. The molecule has 1 aromatic carbocycles. The Labute approximate surface area is 188 Å². The summed E-state index contributed by atoms with van der Waals surface area (Å²) in [5.41, 5.74) is 4.57. The largest absolute Gasteiger partial charge is 0.369 e. The molecule has 0 heterocycles. The minimum absolute atomic E-state index is 0.0116. The Balaban J connectivity index is 1.29. The number of hydrogen-bond donors (Lipinski definition) is 2. The second kappa shape index (κ2) is 7.25. The number of benzene rings is 1. The van der Waals surface area contributed by atoms with Crippen molar-refractivity contribution in [1.82, 2.24) is 9.62 Å². The molecule has 9 heteroatoms. The van der Waals surface area contributed by atoms with Crippen LogP contribution in [-0.4, -0.2) is 44.2 Å². The van der Waals surface area contributed by atoms with Gasteiger partial charge in [-0.25, -0.2) is 12.8 Å². The Kier molecular flexibility index (Phi) is 4.94. The molecule has 5 saturated carbocycles. The predicted octanol–water partition coefficient (Wildman–Crippen LogP) is 2.02. The van der Waals surface area contributed by atoms with E-state index in [-0.39, 0.29) is 41.1 Å². The molecule has 4 bridgehead atoms. The summed E-state index contributed by atoms with van der Waals surface area (Å²) in [6.45, 7) is 0.0192. The van der Waals surface area contributed by atoms with E-state index in [1.807, 2.05) is 0 Å². The Bertz CT molecular complexity index is 1050. The van der Waals surface area contributed by atoms with Gasteiger partial charge >= 0.3 is 0 Å². The maximum Gasteiger partial charge on any atom is 0.245 e. The minimum Gasteiger partial charge on any atom is -0.369 e. The van der Waals surface area contributed by atoms with E-state index in [4.69, 9.17) is 5.73 Å². The standard InChI is InChI=1S/C23H30FN3O4S/c1-27(32(30,31)18-5-3-2-4-17(18)24)13-22(6-7-22)21(29)26-19-15-8-14-9-16(19)12-23(10-14,11-15)20(25)28/h2-5,14-16,19H,6-13H2,1H3,(H2,25,28)(H,26,29). The highest BCUT2D eigenvalue weighted by atomic mass is 32.2. The molecule has 0 aliphatic heterocycles. The summed E-state index contributed by atoms with van der Waals surface area (Å²) in [7, 11) is -2.64. The van der Waals surface area contributed by atoms with Crippen molar-refractivity contribution in [3.63, 3.8) is 0 Å². The van der Waals surface area contributed by atoms with Crippen LogP contribution in [0, 0.1) is 34.4 Å². The number of nitrogens with one attached hydrogen (secondary N) is 1. The van der Waals surface area contributed by atoms with Gasteiger partial charge in [0.15, 0.2) is 0 Å².